The van der Waals surface area contributed by atoms with Gasteiger partial charge in [0.15, 0.2) is 0 Å². The summed E-state index contributed by atoms with van der Waals surface area (Å²) in [6.45, 7) is 8.32. The molecule has 0 unspecified atom stereocenters. The van der Waals surface area contributed by atoms with Gasteiger partial charge in [0.25, 0.3) is 0 Å². The molecular formula is C15H20ClN2O. The van der Waals surface area contributed by atoms with Crippen molar-refractivity contribution in [3.63, 3.8) is 0 Å². The lowest BCUT2D eigenvalue weighted by Crippen LogP contribution is -2.48. The van der Waals surface area contributed by atoms with E-state index in [1.807, 2.05) is 17.0 Å². The van der Waals surface area contributed by atoms with Crippen molar-refractivity contribution in [3.05, 3.63) is 40.8 Å². The minimum Gasteiger partial charge on any atom is -0.340 e. The monoisotopic (exact) mass is 279 g/mol. The van der Waals surface area contributed by atoms with E-state index in [4.69, 9.17) is 11.6 Å². The summed E-state index contributed by atoms with van der Waals surface area (Å²) < 4.78 is 0. The molecule has 0 spiro atoms. The second-order valence-corrected chi connectivity index (χ2v) is 5.51. The van der Waals surface area contributed by atoms with Gasteiger partial charge in [-0.05, 0) is 17.7 Å². The molecule has 1 aromatic rings. The van der Waals surface area contributed by atoms with Crippen LogP contribution in [0.3, 0.4) is 0 Å². The Balaban J connectivity index is 1.85. The maximum atomic E-state index is 11.3. The summed E-state index contributed by atoms with van der Waals surface area (Å²) in [6.07, 6.45) is 0. The summed E-state index contributed by atoms with van der Waals surface area (Å²) in [4.78, 5) is 15.6. The maximum absolute atomic E-state index is 11.3. The van der Waals surface area contributed by atoms with Crippen LogP contribution in [0.2, 0.25) is 5.02 Å². The zero-order valence-corrected chi connectivity index (χ0v) is 12.3. The van der Waals surface area contributed by atoms with Crippen molar-refractivity contribution in [1.29, 1.82) is 0 Å². The first-order valence-electron chi connectivity index (χ1n) is 6.62. The molecule has 1 amide bonds. The molecule has 2 rings (SSSR count). The van der Waals surface area contributed by atoms with E-state index in [1.54, 1.807) is 6.92 Å². The number of halogens is 1. The lowest BCUT2D eigenvalue weighted by molar-refractivity contribution is -0.130. The fourth-order valence-electron chi connectivity index (χ4n) is 2.38. The molecule has 1 aromatic carbocycles. The van der Waals surface area contributed by atoms with E-state index in [9.17, 15) is 4.79 Å². The molecule has 0 atom stereocenters. The van der Waals surface area contributed by atoms with Gasteiger partial charge in [0, 0.05) is 50.6 Å². The Kier molecular flexibility index (Phi) is 4.83. The molecule has 0 bridgehead atoms. The van der Waals surface area contributed by atoms with Crippen LogP contribution in [0.4, 0.5) is 0 Å². The molecule has 1 radical (unpaired) electrons. The fraction of sp³-hybridized carbons (Fsp3) is 0.467. The van der Waals surface area contributed by atoms with Crippen LogP contribution in [0.5, 0.6) is 0 Å². The second-order valence-electron chi connectivity index (χ2n) is 5.07. The molecule has 3 nitrogen and oxygen atoms in total. The standard InChI is InChI=1S/C15H20ClN2O/c1-12(14-3-5-15(16)6-4-14)11-17-7-9-18(10-8-17)13(2)19/h3-6H,7-11H2,1-2H3. The number of piperazine rings is 1. The normalized spacial score (nSPS) is 16.9. The van der Waals surface area contributed by atoms with Gasteiger partial charge in [-0.25, -0.2) is 0 Å². The summed E-state index contributed by atoms with van der Waals surface area (Å²) >= 11 is 5.90. The van der Waals surface area contributed by atoms with Crippen LogP contribution < -0.4 is 0 Å². The van der Waals surface area contributed by atoms with E-state index in [0.29, 0.717) is 0 Å². The van der Waals surface area contributed by atoms with E-state index in [-0.39, 0.29) is 5.91 Å². The molecule has 0 N–H and O–H groups in total. The van der Waals surface area contributed by atoms with E-state index in [2.05, 4.69) is 24.0 Å². The number of carbonyl (C=O) groups is 1. The number of rotatable bonds is 3. The third-order valence-electron chi connectivity index (χ3n) is 3.62. The molecule has 0 aliphatic carbocycles. The molecule has 19 heavy (non-hydrogen) atoms. The Bertz CT molecular complexity index is 424. The van der Waals surface area contributed by atoms with E-state index in [0.717, 1.165) is 37.7 Å². The van der Waals surface area contributed by atoms with E-state index < -0.39 is 0 Å². The first-order chi connectivity index (χ1) is 9.06. The van der Waals surface area contributed by atoms with Crippen molar-refractivity contribution in [1.82, 2.24) is 9.80 Å². The lowest BCUT2D eigenvalue weighted by atomic mass is 10.0. The van der Waals surface area contributed by atoms with Crippen LogP contribution in [-0.4, -0.2) is 48.4 Å². The van der Waals surface area contributed by atoms with Gasteiger partial charge in [0.05, 0.1) is 0 Å². The molecule has 1 aliphatic rings. The Morgan fingerprint density at radius 2 is 1.68 bits per heavy atom. The molecule has 1 heterocycles. The minimum atomic E-state index is 0.179. The Morgan fingerprint density at radius 3 is 2.21 bits per heavy atom. The maximum Gasteiger partial charge on any atom is 0.219 e. The van der Waals surface area contributed by atoms with Crippen LogP contribution in [0.15, 0.2) is 24.3 Å². The van der Waals surface area contributed by atoms with Crippen molar-refractivity contribution >= 4 is 17.5 Å². The van der Waals surface area contributed by atoms with Gasteiger partial charge in [0.1, 0.15) is 0 Å². The molecule has 1 saturated heterocycles. The minimum absolute atomic E-state index is 0.179. The van der Waals surface area contributed by atoms with Crippen molar-refractivity contribution in [3.8, 4) is 0 Å². The predicted molar refractivity (Wildman–Crippen MR) is 78.2 cm³/mol. The molecule has 4 heteroatoms. The van der Waals surface area contributed by atoms with Crippen molar-refractivity contribution in [2.75, 3.05) is 32.7 Å². The topological polar surface area (TPSA) is 23.6 Å². The van der Waals surface area contributed by atoms with Gasteiger partial charge < -0.3 is 4.90 Å². The third-order valence-corrected chi connectivity index (χ3v) is 3.87. The van der Waals surface area contributed by atoms with E-state index >= 15 is 0 Å². The number of amides is 1. The molecule has 0 saturated carbocycles. The van der Waals surface area contributed by atoms with Crippen LogP contribution in [0.1, 0.15) is 19.4 Å². The number of hydrogen-bond acceptors (Lipinski definition) is 2. The molecule has 0 aromatic heterocycles. The zero-order chi connectivity index (χ0) is 13.8. The van der Waals surface area contributed by atoms with Gasteiger partial charge >= 0.3 is 0 Å². The quantitative estimate of drug-likeness (QED) is 0.849. The smallest absolute Gasteiger partial charge is 0.219 e. The molecular weight excluding hydrogens is 260 g/mol. The summed E-state index contributed by atoms with van der Waals surface area (Å²) in [6, 6.07) is 7.97. The average Bonchev–Trinajstić information content (AvgIpc) is 2.40. The Labute approximate surface area is 120 Å². The third kappa shape index (κ3) is 3.95. The van der Waals surface area contributed by atoms with E-state index in [1.165, 1.54) is 11.5 Å². The first-order valence-corrected chi connectivity index (χ1v) is 7.00. The number of nitrogens with zero attached hydrogens (tertiary/aromatic N) is 2. The first kappa shape index (κ1) is 14.4. The van der Waals surface area contributed by atoms with Gasteiger partial charge in [-0.2, -0.15) is 0 Å². The number of carbonyl (C=O) groups excluding carboxylic acids is 1. The lowest BCUT2D eigenvalue weighted by Gasteiger charge is -2.35. The van der Waals surface area contributed by atoms with Crippen LogP contribution in [-0.2, 0) is 4.79 Å². The molecule has 103 valence electrons. The summed E-state index contributed by atoms with van der Waals surface area (Å²) in [5, 5.41) is 0.770. The SMILES string of the molecule is C[C](CN1CCN(C(C)=O)CC1)c1ccc(Cl)cc1. The van der Waals surface area contributed by atoms with Crippen molar-refractivity contribution in [2.24, 2.45) is 0 Å². The Morgan fingerprint density at radius 1 is 1.11 bits per heavy atom. The van der Waals surface area contributed by atoms with Crippen LogP contribution >= 0.6 is 11.6 Å². The number of benzene rings is 1. The predicted octanol–water partition coefficient (Wildman–Crippen LogP) is 2.45. The summed E-state index contributed by atoms with van der Waals surface area (Å²) in [5.74, 6) is 1.52. The summed E-state index contributed by atoms with van der Waals surface area (Å²) in [7, 11) is 0. The van der Waals surface area contributed by atoms with Gasteiger partial charge in [-0.3, -0.25) is 9.69 Å². The van der Waals surface area contributed by atoms with Crippen LogP contribution in [0, 0.1) is 5.92 Å². The highest BCUT2D eigenvalue weighted by Gasteiger charge is 2.20. The number of hydrogen-bond donors (Lipinski definition) is 0. The average molecular weight is 280 g/mol. The largest absolute Gasteiger partial charge is 0.340 e. The fourth-order valence-corrected chi connectivity index (χ4v) is 2.51. The highest BCUT2D eigenvalue weighted by Crippen LogP contribution is 2.19. The van der Waals surface area contributed by atoms with Gasteiger partial charge in [-0.15, -0.1) is 0 Å². The highest BCUT2D eigenvalue weighted by atomic mass is 35.5. The second kappa shape index (κ2) is 6.40. The highest BCUT2D eigenvalue weighted by molar-refractivity contribution is 6.30. The van der Waals surface area contributed by atoms with Crippen LogP contribution in [0.25, 0.3) is 0 Å². The van der Waals surface area contributed by atoms with Crippen molar-refractivity contribution < 1.29 is 4.79 Å². The van der Waals surface area contributed by atoms with Gasteiger partial charge in [-0.1, -0.05) is 30.7 Å². The van der Waals surface area contributed by atoms with Gasteiger partial charge in [0.2, 0.25) is 5.91 Å². The molecule has 1 aliphatic heterocycles. The summed E-state index contributed by atoms with van der Waals surface area (Å²) in [5.41, 5.74) is 1.23. The van der Waals surface area contributed by atoms with Crippen molar-refractivity contribution in [2.45, 2.75) is 13.8 Å². The zero-order valence-electron chi connectivity index (χ0n) is 11.5. The Hall–Kier alpha value is -1.06. The molecule has 1 fully saturated rings.